The lowest BCUT2D eigenvalue weighted by Gasteiger charge is -2.05. The van der Waals surface area contributed by atoms with Crippen molar-refractivity contribution in [1.29, 1.82) is 0 Å². The van der Waals surface area contributed by atoms with Gasteiger partial charge in [-0.1, -0.05) is 0 Å². The number of aromatic nitrogens is 2. The van der Waals surface area contributed by atoms with Crippen LogP contribution in [-0.2, 0) is 11.2 Å². The summed E-state index contributed by atoms with van der Waals surface area (Å²) in [4.78, 5) is 18.6. The van der Waals surface area contributed by atoms with Crippen LogP contribution in [0.15, 0.2) is 35.6 Å². The van der Waals surface area contributed by atoms with Crippen LogP contribution < -0.4 is 5.32 Å². The Hall–Kier alpha value is -1.89. The summed E-state index contributed by atoms with van der Waals surface area (Å²) in [6.45, 7) is 0.480. The van der Waals surface area contributed by atoms with Crippen molar-refractivity contribution in [3.05, 3.63) is 48.1 Å². The van der Waals surface area contributed by atoms with Crippen LogP contribution in [0.1, 0.15) is 5.69 Å². The predicted molar refractivity (Wildman–Crippen MR) is 72.4 cm³/mol. The first-order chi connectivity index (χ1) is 9.65. The van der Waals surface area contributed by atoms with Crippen LogP contribution in [0.5, 0.6) is 0 Å². The Balaban J connectivity index is 1.72. The number of amides is 1. The zero-order chi connectivity index (χ0) is 14.4. The highest BCUT2D eigenvalue weighted by Gasteiger charge is 2.07. The highest BCUT2D eigenvalue weighted by atomic mass is 32.2. The Labute approximate surface area is 119 Å². The summed E-state index contributed by atoms with van der Waals surface area (Å²) >= 11 is 1.04. The predicted octanol–water partition coefficient (Wildman–Crippen LogP) is 2.14. The molecular weight excluding hydrogens is 284 g/mol. The zero-order valence-electron chi connectivity index (χ0n) is 10.5. The van der Waals surface area contributed by atoms with Crippen LogP contribution in [0.2, 0.25) is 0 Å². The molecular formula is C13H13F2N3OS. The standard InChI is InChI=1S/C13H13F2N3OS/c14-9-1-2-12(11(15)5-9)20-7-13(19)17-4-3-10-6-16-8-18-10/h1-2,5-6,8H,3-4,7H2,(H,16,18)(H,17,19). The minimum absolute atomic E-state index is 0.0888. The number of benzene rings is 1. The molecule has 4 nitrogen and oxygen atoms in total. The van der Waals surface area contributed by atoms with E-state index in [-0.39, 0.29) is 16.6 Å². The SMILES string of the molecule is O=C(CSc1ccc(F)cc1F)NCCc1cnc[nH]1. The van der Waals surface area contributed by atoms with E-state index in [1.165, 1.54) is 12.1 Å². The Bertz CT molecular complexity index is 575. The van der Waals surface area contributed by atoms with Gasteiger partial charge in [0.1, 0.15) is 11.6 Å². The summed E-state index contributed by atoms with van der Waals surface area (Å²) < 4.78 is 26.0. The molecule has 0 saturated heterocycles. The maximum atomic E-state index is 13.3. The summed E-state index contributed by atoms with van der Waals surface area (Å²) in [5.41, 5.74) is 0.933. The molecule has 2 rings (SSSR count). The maximum absolute atomic E-state index is 13.3. The molecule has 0 aliphatic carbocycles. The molecule has 2 N–H and O–H groups in total. The van der Waals surface area contributed by atoms with E-state index in [0.717, 1.165) is 23.5 Å². The summed E-state index contributed by atoms with van der Waals surface area (Å²) in [5, 5.41) is 2.72. The van der Waals surface area contributed by atoms with Crippen molar-refractivity contribution < 1.29 is 13.6 Å². The third-order valence-electron chi connectivity index (χ3n) is 2.52. The zero-order valence-corrected chi connectivity index (χ0v) is 11.3. The number of nitrogens with zero attached hydrogens (tertiary/aromatic N) is 1. The van der Waals surface area contributed by atoms with E-state index in [1.54, 1.807) is 12.5 Å². The second-order valence-corrected chi connectivity index (χ2v) is 5.06. The minimum atomic E-state index is -0.653. The quantitative estimate of drug-likeness (QED) is 0.803. The number of H-pyrrole nitrogens is 1. The van der Waals surface area contributed by atoms with Crippen LogP contribution in [0, 0.1) is 11.6 Å². The summed E-state index contributed by atoms with van der Waals surface area (Å²) in [5.74, 6) is -1.39. The molecule has 7 heteroatoms. The van der Waals surface area contributed by atoms with E-state index >= 15 is 0 Å². The highest BCUT2D eigenvalue weighted by molar-refractivity contribution is 8.00. The molecule has 0 aliphatic rings. The van der Waals surface area contributed by atoms with Gasteiger partial charge in [-0.05, 0) is 12.1 Å². The Morgan fingerprint density at radius 3 is 2.95 bits per heavy atom. The number of thioether (sulfide) groups is 1. The van der Waals surface area contributed by atoms with Crippen molar-refractivity contribution in [2.24, 2.45) is 0 Å². The normalized spacial score (nSPS) is 10.5. The molecule has 20 heavy (non-hydrogen) atoms. The van der Waals surface area contributed by atoms with E-state index in [2.05, 4.69) is 15.3 Å². The third-order valence-corrected chi connectivity index (χ3v) is 3.57. The number of carbonyl (C=O) groups is 1. The van der Waals surface area contributed by atoms with Gasteiger partial charge in [0.15, 0.2) is 0 Å². The van der Waals surface area contributed by atoms with Crippen LogP contribution in [-0.4, -0.2) is 28.2 Å². The largest absolute Gasteiger partial charge is 0.355 e. The summed E-state index contributed by atoms with van der Waals surface area (Å²) in [6, 6.07) is 3.30. The van der Waals surface area contributed by atoms with Gasteiger partial charge in [-0.15, -0.1) is 11.8 Å². The molecule has 1 aromatic heterocycles. The van der Waals surface area contributed by atoms with Gasteiger partial charge in [-0.3, -0.25) is 4.79 Å². The number of halogens is 2. The minimum Gasteiger partial charge on any atom is -0.355 e. The van der Waals surface area contributed by atoms with Crippen molar-refractivity contribution in [3.8, 4) is 0 Å². The molecule has 0 aliphatic heterocycles. The van der Waals surface area contributed by atoms with Crippen molar-refractivity contribution >= 4 is 17.7 Å². The average Bonchev–Trinajstić information content (AvgIpc) is 2.91. The number of carbonyl (C=O) groups excluding carboxylic acids is 1. The van der Waals surface area contributed by atoms with Crippen LogP contribution in [0.25, 0.3) is 0 Å². The third kappa shape index (κ3) is 4.34. The Morgan fingerprint density at radius 1 is 1.40 bits per heavy atom. The van der Waals surface area contributed by atoms with E-state index in [1.807, 2.05) is 0 Å². The van der Waals surface area contributed by atoms with Gasteiger partial charge in [0.25, 0.3) is 0 Å². The summed E-state index contributed by atoms with van der Waals surface area (Å²) in [6.07, 6.45) is 3.92. The van der Waals surface area contributed by atoms with Crippen LogP contribution in [0.3, 0.4) is 0 Å². The first-order valence-electron chi connectivity index (χ1n) is 5.97. The fourth-order valence-corrected chi connectivity index (χ4v) is 2.29. The molecule has 1 aromatic carbocycles. The van der Waals surface area contributed by atoms with Gasteiger partial charge in [0.05, 0.1) is 12.1 Å². The molecule has 0 fully saturated rings. The molecule has 1 amide bonds. The van der Waals surface area contributed by atoms with E-state index in [4.69, 9.17) is 0 Å². The lowest BCUT2D eigenvalue weighted by Crippen LogP contribution is -2.27. The average molecular weight is 297 g/mol. The molecule has 0 radical (unpaired) electrons. The van der Waals surface area contributed by atoms with Gasteiger partial charge in [-0.2, -0.15) is 0 Å². The van der Waals surface area contributed by atoms with E-state index in [9.17, 15) is 13.6 Å². The van der Waals surface area contributed by atoms with Gasteiger partial charge in [0.2, 0.25) is 5.91 Å². The first-order valence-corrected chi connectivity index (χ1v) is 6.95. The molecule has 0 saturated carbocycles. The molecule has 0 atom stereocenters. The number of hydrogen-bond acceptors (Lipinski definition) is 3. The molecule has 0 spiro atoms. The Morgan fingerprint density at radius 2 is 2.25 bits per heavy atom. The molecule has 1 heterocycles. The number of imidazole rings is 1. The van der Waals surface area contributed by atoms with Gasteiger partial charge in [0, 0.05) is 35.8 Å². The maximum Gasteiger partial charge on any atom is 0.230 e. The molecule has 0 unspecified atom stereocenters. The van der Waals surface area contributed by atoms with E-state index in [0.29, 0.717) is 13.0 Å². The number of hydrogen-bond donors (Lipinski definition) is 2. The van der Waals surface area contributed by atoms with Crippen molar-refractivity contribution in [1.82, 2.24) is 15.3 Å². The fourth-order valence-electron chi connectivity index (χ4n) is 1.54. The number of rotatable bonds is 6. The van der Waals surface area contributed by atoms with Gasteiger partial charge < -0.3 is 10.3 Å². The van der Waals surface area contributed by atoms with Crippen molar-refractivity contribution in [3.63, 3.8) is 0 Å². The fraction of sp³-hybridized carbons (Fsp3) is 0.231. The summed E-state index contributed by atoms with van der Waals surface area (Å²) in [7, 11) is 0. The monoisotopic (exact) mass is 297 g/mol. The number of aromatic amines is 1. The van der Waals surface area contributed by atoms with Crippen molar-refractivity contribution in [2.45, 2.75) is 11.3 Å². The van der Waals surface area contributed by atoms with Gasteiger partial charge in [-0.25, -0.2) is 13.8 Å². The lowest BCUT2D eigenvalue weighted by molar-refractivity contribution is -0.118. The highest BCUT2D eigenvalue weighted by Crippen LogP contribution is 2.21. The van der Waals surface area contributed by atoms with Crippen LogP contribution >= 0.6 is 11.8 Å². The topological polar surface area (TPSA) is 57.8 Å². The second kappa shape index (κ2) is 7.04. The number of nitrogens with one attached hydrogen (secondary N) is 2. The molecule has 0 bridgehead atoms. The van der Waals surface area contributed by atoms with Crippen molar-refractivity contribution in [2.75, 3.05) is 12.3 Å². The Kier molecular flexibility index (Phi) is 5.11. The molecule has 2 aromatic rings. The first kappa shape index (κ1) is 14.5. The second-order valence-electron chi connectivity index (χ2n) is 4.04. The van der Waals surface area contributed by atoms with E-state index < -0.39 is 11.6 Å². The van der Waals surface area contributed by atoms with Gasteiger partial charge >= 0.3 is 0 Å². The lowest BCUT2D eigenvalue weighted by atomic mass is 10.3. The smallest absolute Gasteiger partial charge is 0.230 e. The molecule has 106 valence electrons. The van der Waals surface area contributed by atoms with Crippen LogP contribution in [0.4, 0.5) is 8.78 Å².